The van der Waals surface area contributed by atoms with Gasteiger partial charge in [0.15, 0.2) is 0 Å². The molecular weight excluding hydrogens is 195 g/mol. The Labute approximate surface area is 105 Å². The number of carbonyl (C=O) groups is 2. The molecule has 0 atom stereocenters. The largest absolute Gasteiger partial charge is 1.00 e. The van der Waals surface area contributed by atoms with E-state index in [2.05, 4.69) is 4.74 Å². The van der Waals surface area contributed by atoms with Crippen molar-refractivity contribution in [3.63, 3.8) is 0 Å². The minimum absolute atomic E-state index is 0. The summed E-state index contributed by atoms with van der Waals surface area (Å²) in [5.41, 5.74) is 0. The number of hydrogen-bond donors (Lipinski definition) is 0. The summed E-state index contributed by atoms with van der Waals surface area (Å²) in [6, 6.07) is 3.00. The number of esters is 2. The van der Waals surface area contributed by atoms with Crippen LogP contribution >= 0.6 is 0 Å². The topological polar surface area (TPSA) is 56.5 Å². The van der Waals surface area contributed by atoms with Crippen molar-refractivity contribution >= 4 is 11.9 Å². The minimum atomic E-state index is -0.733. The fourth-order valence-electron chi connectivity index (χ4n) is 0.804. The molecule has 0 unspecified atom stereocenters. The second-order valence-electron chi connectivity index (χ2n) is 2.49. The van der Waals surface area contributed by atoms with Gasteiger partial charge in [0.1, 0.15) is 0 Å². The third kappa shape index (κ3) is 4.09. The Bertz CT molecular complexity index is 297. The van der Waals surface area contributed by atoms with Crippen LogP contribution in [-0.2, 0) is 9.53 Å². The van der Waals surface area contributed by atoms with Crippen molar-refractivity contribution < 1.29 is 49.7 Å². The molecule has 0 saturated carbocycles. The van der Waals surface area contributed by atoms with Gasteiger partial charge in [-0.25, -0.2) is 4.79 Å². The van der Waals surface area contributed by atoms with E-state index >= 15 is 0 Å². The van der Waals surface area contributed by atoms with Crippen molar-refractivity contribution in [2.75, 3.05) is 0 Å². The van der Waals surface area contributed by atoms with E-state index in [9.17, 15) is 9.59 Å². The summed E-state index contributed by atoms with van der Waals surface area (Å²) in [6.07, 6.45) is 2.25. The first-order chi connectivity index (χ1) is 6.24. The smallest absolute Gasteiger partial charge is 1.00 e. The van der Waals surface area contributed by atoms with Crippen LogP contribution in [0, 0.1) is 0 Å². The Morgan fingerprint density at radius 3 is 2.79 bits per heavy atom. The van der Waals surface area contributed by atoms with Gasteiger partial charge in [-0.2, -0.15) is 0 Å². The third-order valence-electron chi connectivity index (χ3n) is 1.38. The minimum Gasteiger partial charge on any atom is -1.00 e. The zero-order valence-electron chi connectivity index (χ0n) is 9.28. The van der Waals surface area contributed by atoms with Crippen LogP contribution in [0.5, 0.6) is 0 Å². The Morgan fingerprint density at radius 2 is 2.29 bits per heavy atom. The molecule has 0 spiro atoms. The first-order valence-electron chi connectivity index (χ1n) is 4.02. The molecule has 0 bridgehead atoms. The van der Waals surface area contributed by atoms with Gasteiger partial charge in [0, 0.05) is 6.42 Å². The van der Waals surface area contributed by atoms with Gasteiger partial charge in [0.25, 0.3) is 0 Å². The van der Waals surface area contributed by atoms with Crippen molar-refractivity contribution in [2.45, 2.75) is 19.8 Å². The molecular formula is C9H11NaO4. The van der Waals surface area contributed by atoms with E-state index in [1.807, 2.05) is 6.92 Å². The summed E-state index contributed by atoms with van der Waals surface area (Å²) in [5, 5.41) is 0. The summed E-state index contributed by atoms with van der Waals surface area (Å²) in [5.74, 6) is -1.21. The standard InChI is InChI=1S/C9H10O4.Na.H/c1-2-4-8(10)13-9(11)7-5-3-6-12-7;;/h3,5-6H,2,4H2,1H3;;/q;+1;-1. The molecule has 1 heterocycles. The fraction of sp³-hybridized carbons (Fsp3) is 0.333. The van der Waals surface area contributed by atoms with Crippen LogP contribution < -0.4 is 29.6 Å². The molecule has 72 valence electrons. The van der Waals surface area contributed by atoms with Gasteiger partial charge in [-0.05, 0) is 18.6 Å². The van der Waals surface area contributed by atoms with E-state index in [1.54, 1.807) is 6.07 Å². The predicted octanol–water partition coefficient (Wildman–Crippen LogP) is -1.12. The Balaban J connectivity index is 0. The SMILES string of the molecule is CCCC(=O)OC(=O)c1ccco1.[H-].[Na+]. The molecule has 0 aliphatic heterocycles. The van der Waals surface area contributed by atoms with Gasteiger partial charge in [-0.15, -0.1) is 0 Å². The van der Waals surface area contributed by atoms with Crippen LogP contribution in [0.4, 0.5) is 0 Å². The van der Waals surface area contributed by atoms with E-state index in [-0.39, 0.29) is 43.2 Å². The average Bonchev–Trinajstić information content (AvgIpc) is 2.55. The van der Waals surface area contributed by atoms with E-state index in [1.165, 1.54) is 12.3 Å². The normalized spacial score (nSPS) is 8.93. The molecule has 0 radical (unpaired) electrons. The van der Waals surface area contributed by atoms with Gasteiger partial charge in [-0.3, -0.25) is 4.79 Å². The van der Waals surface area contributed by atoms with Gasteiger partial charge < -0.3 is 10.6 Å². The Morgan fingerprint density at radius 1 is 1.57 bits per heavy atom. The maximum absolute atomic E-state index is 11.1. The number of carbonyl (C=O) groups excluding carboxylic acids is 2. The summed E-state index contributed by atoms with van der Waals surface area (Å²) >= 11 is 0. The number of rotatable bonds is 3. The van der Waals surface area contributed by atoms with E-state index in [4.69, 9.17) is 4.42 Å². The molecule has 1 aromatic heterocycles. The third-order valence-corrected chi connectivity index (χ3v) is 1.38. The summed E-state index contributed by atoms with van der Waals surface area (Å²) < 4.78 is 9.21. The molecule has 5 heteroatoms. The van der Waals surface area contributed by atoms with Crippen molar-refractivity contribution in [3.05, 3.63) is 24.2 Å². The maximum Gasteiger partial charge on any atom is 1.00 e. The van der Waals surface area contributed by atoms with E-state index < -0.39 is 11.9 Å². The van der Waals surface area contributed by atoms with Gasteiger partial charge in [-0.1, -0.05) is 6.92 Å². The van der Waals surface area contributed by atoms with Crippen LogP contribution in [0.2, 0.25) is 0 Å². The number of ether oxygens (including phenoxy) is 1. The van der Waals surface area contributed by atoms with Crippen LogP contribution in [-0.4, -0.2) is 11.9 Å². The molecule has 0 N–H and O–H groups in total. The summed E-state index contributed by atoms with van der Waals surface area (Å²) in [6.45, 7) is 1.83. The zero-order chi connectivity index (χ0) is 9.68. The molecule has 0 saturated heterocycles. The van der Waals surface area contributed by atoms with Crippen molar-refractivity contribution in [1.82, 2.24) is 0 Å². The maximum atomic E-state index is 11.1. The average molecular weight is 206 g/mol. The summed E-state index contributed by atoms with van der Waals surface area (Å²) in [4.78, 5) is 21.9. The molecule has 1 aromatic rings. The molecule has 14 heavy (non-hydrogen) atoms. The number of hydrogen-bond acceptors (Lipinski definition) is 4. The first kappa shape index (κ1) is 13.4. The van der Waals surface area contributed by atoms with Crippen LogP contribution in [0.15, 0.2) is 22.8 Å². The van der Waals surface area contributed by atoms with E-state index in [0.717, 1.165) is 0 Å². The van der Waals surface area contributed by atoms with Crippen molar-refractivity contribution in [2.24, 2.45) is 0 Å². The fourth-order valence-corrected chi connectivity index (χ4v) is 0.804. The molecule has 0 aliphatic carbocycles. The molecule has 0 aromatic carbocycles. The van der Waals surface area contributed by atoms with Crippen molar-refractivity contribution in [1.29, 1.82) is 0 Å². The van der Waals surface area contributed by atoms with Crippen molar-refractivity contribution in [3.8, 4) is 0 Å². The van der Waals surface area contributed by atoms with Crippen LogP contribution in [0.1, 0.15) is 31.7 Å². The van der Waals surface area contributed by atoms with Gasteiger partial charge >= 0.3 is 41.5 Å². The number of furan rings is 1. The summed E-state index contributed by atoms with van der Waals surface area (Å²) in [7, 11) is 0. The Hall–Kier alpha value is -0.580. The Kier molecular flexibility index (Phi) is 6.53. The molecule has 0 aliphatic rings. The molecule has 1 rings (SSSR count). The van der Waals surface area contributed by atoms with Gasteiger partial charge in [0.05, 0.1) is 6.26 Å². The monoisotopic (exact) mass is 206 g/mol. The molecule has 0 amide bonds. The van der Waals surface area contributed by atoms with E-state index in [0.29, 0.717) is 6.42 Å². The second-order valence-corrected chi connectivity index (χ2v) is 2.49. The molecule has 0 fully saturated rings. The molecule has 4 nitrogen and oxygen atoms in total. The predicted molar refractivity (Wildman–Crippen MR) is 45.2 cm³/mol. The van der Waals surface area contributed by atoms with Crippen LogP contribution in [0.25, 0.3) is 0 Å². The first-order valence-corrected chi connectivity index (χ1v) is 4.02. The second kappa shape index (κ2) is 6.81. The van der Waals surface area contributed by atoms with Crippen LogP contribution in [0.3, 0.4) is 0 Å². The zero-order valence-corrected chi connectivity index (χ0v) is 10.3. The quantitative estimate of drug-likeness (QED) is 0.357. The van der Waals surface area contributed by atoms with Gasteiger partial charge in [0.2, 0.25) is 5.76 Å².